The molecule has 2 rings (SSSR count). The molecule has 0 saturated heterocycles. The molecule has 0 bridgehead atoms. The fraction of sp³-hybridized carbons (Fsp3) is 0.176. The Labute approximate surface area is 144 Å². The molecular formula is C17H18N2O2S2. The average Bonchev–Trinajstić information content (AvgIpc) is 2.55. The number of rotatable bonds is 5. The SMILES string of the molecule is CN(C)C(=O)Sc1ccc(NC(=O)CSc2ccccc2)cc1. The highest BCUT2D eigenvalue weighted by Gasteiger charge is 2.07. The van der Waals surface area contributed by atoms with E-state index in [2.05, 4.69) is 5.32 Å². The fourth-order valence-corrected chi connectivity index (χ4v) is 3.04. The van der Waals surface area contributed by atoms with E-state index < -0.39 is 0 Å². The standard InChI is InChI=1S/C17H18N2O2S2/c1-19(2)17(21)23-15-10-8-13(9-11-15)18-16(20)12-22-14-6-4-3-5-7-14/h3-11H,12H2,1-2H3,(H,18,20). The first-order valence-electron chi connectivity index (χ1n) is 7.01. The summed E-state index contributed by atoms with van der Waals surface area (Å²) >= 11 is 2.65. The Morgan fingerprint density at radius 2 is 1.61 bits per heavy atom. The number of benzene rings is 2. The fourth-order valence-electron chi connectivity index (χ4n) is 1.66. The van der Waals surface area contributed by atoms with Gasteiger partial charge in [0, 0.05) is 29.6 Å². The summed E-state index contributed by atoms with van der Waals surface area (Å²) in [7, 11) is 3.43. The molecule has 0 aliphatic heterocycles. The zero-order valence-electron chi connectivity index (χ0n) is 13.0. The first-order valence-corrected chi connectivity index (χ1v) is 8.82. The van der Waals surface area contributed by atoms with Crippen molar-refractivity contribution in [3.8, 4) is 0 Å². The van der Waals surface area contributed by atoms with Crippen molar-refractivity contribution in [2.24, 2.45) is 0 Å². The molecule has 2 aromatic rings. The third-order valence-corrected chi connectivity index (χ3v) is 4.88. The van der Waals surface area contributed by atoms with E-state index in [9.17, 15) is 9.59 Å². The van der Waals surface area contributed by atoms with E-state index in [1.54, 1.807) is 26.2 Å². The average molecular weight is 346 g/mol. The molecule has 0 aromatic heterocycles. The second-order valence-electron chi connectivity index (χ2n) is 4.94. The molecule has 120 valence electrons. The Kier molecular flexibility index (Phi) is 6.55. The molecule has 0 unspecified atom stereocenters. The van der Waals surface area contributed by atoms with E-state index in [1.165, 1.54) is 16.7 Å². The van der Waals surface area contributed by atoms with Gasteiger partial charge in [0.15, 0.2) is 0 Å². The van der Waals surface area contributed by atoms with Crippen LogP contribution in [0.5, 0.6) is 0 Å². The zero-order chi connectivity index (χ0) is 16.7. The summed E-state index contributed by atoms with van der Waals surface area (Å²) in [5.41, 5.74) is 0.727. The smallest absolute Gasteiger partial charge is 0.285 e. The van der Waals surface area contributed by atoms with Gasteiger partial charge in [0.05, 0.1) is 5.75 Å². The summed E-state index contributed by atoms with van der Waals surface area (Å²) < 4.78 is 0. The molecular weight excluding hydrogens is 328 g/mol. The molecule has 23 heavy (non-hydrogen) atoms. The van der Waals surface area contributed by atoms with Gasteiger partial charge in [-0.3, -0.25) is 9.59 Å². The van der Waals surface area contributed by atoms with Crippen LogP contribution in [0.15, 0.2) is 64.4 Å². The van der Waals surface area contributed by atoms with Gasteiger partial charge in [-0.05, 0) is 48.2 Å². The lowest BCUT2D eigenvalue weighted by atomic mass is 10.3. The number of nitrogens with zero attached hydrogens (tertiary/aromatic N) is 1. The first-order chi connectivity index (χ1) is 11.0. The van der Waals surface area contributed by atoms with E-state index in [4.69, 9.17) is 0 Å². The van der Waals surface area contributed by atoms with Crippen LogP contribution in [-0.2, 0) is 4.79 Å². The van der Waals surface area contributed by atoms with Gasteiger partial charge < -0.3 is 10.2 Å². The van der Waals surface area contributed by atoms with E-state index in [0.29, 0.717) is 5.75 Å². The number of hydrogen-bond donors (Lipinski definition) is 1. The lowest BCUT2D eigenvalue weighted by Crippen LogP contribution is -2.16. The van der Waals surface area contributed by atoms with Crippen LogP contribution in [0.4, 0.5) is 10.5 Å². The quantitative estimate of drug-likeness (QED) is 0.825. The van der Waals surface area contributed by atoms with Gasteiger partial charge in [-0.2, -0.15) is 0 Å². The summed E-state index contributed by atoms with van der Waals surface area (Å²) in [5.74, 6) is 0.309. The predicted octanol–water partition coefficient (Wildman–Crippen LogP) is 4.19. The molecule has 0 radical (unpaired) electrons. The summed E-state index contributed by atoms with van der Waals surface area (Å²) in [6, 6.07) is 17.1. The second-order valence-corrected chi connectivity index (χ2v) is 7.01. The summed E-state index contributed by atoms with van der Waals surface area (Å²) in [6.07, 6.45) is 0. The molecule has 6 heteroatoms. The van der Waals surface area contributed by atoms with Crippen LogP contribution in [-0.4, -0.2) is 35.9 Å². The molecule has 0 heterocycles. The highest BCUT2D eigenvalue weighted by atomic mass is 32.2. The van der Waals surface area contributed by atoms with Crippen LogP contribution >= 0.6 is 23.5 Å². The van der Waals surface area contributed by atoms with E-state index >= 15 is 0 Å². The third kappa shape index (κ3) is 6.00. The van der Waals surface area contributed by atoms with Crippen LogP contribution in [0.3, 0.4) is 0 Å². The van der Waals surface area contributed by atoms with Gasteiger partial charge in [0.25, 0.3) is 5.24 Å². The Hall–Kier alpha value is -1.92. The molecule has 0 atom stereocenters. The predicted molar refractivity (Wildman–Crippen MR) is 97.2 cm³/mol. The highest BCUT2D eigenvalue weighted by Crippen LogP contribution is 2.23. The third-order valence-electron chi connectivity index (χ3n) is 2.82. The number of thioether (sulfide) groups is 2. The van der Waals surface area contributed by atoms with Crippen molar-refractivity contribution in [1.82, 2.24) is 4.90 Å². The van der Waals surface area contributed by atoms with Gasteiger partial charge in [0.1, 0.15) is 0 Å². The lowest BCUT2D eigenvalue weighted by molar-refractivity contribution is -0.113. The van der Waals surface area contributed by atoms with Crippen molar-refractivity contribution in [1.29, 1.82) is 0 Å². The maximum absolute atomic E-state index is 11.9. The molecule has 0 aliphatic rings. The molecule has 2 aromatic carbocycles. The molecule has 2 amide bonds. The number of anilines is 1. The van der Waals surface area contributed by atoms with E-state index in [1.807, 2.05) is 42.5 Å². The molecule has 4 nitrogen and oxygen atoms in total. The minimum Gasteiger partial charge on any atom is -0.339 e. The van der Waals surface area contributed by atoms with Crippen LogP contribution in [0.25, 0.3) is 0 Å². The molecule has 1 N–H and O–H groups in total. The van der Waals surface area contributed by atoms with Crippen LogP contribution in [0, 0.1) is 0 Å². The van der Waals surface area contributed by atoms with Crippen molar-refractivity contribution in [2.75, 3.05) is 25.2 Å². The number of nitrogens with one attached hydrogen (secondary N) is 1. The largest absolute Gasteiger partial charge is 0.339 e. The number of amides is 2. The molecule has 0 aliphatic carbocycles. The van der Waals surface area contributed by atoms with Crippen molar-refractivity contribution in [3.05, 3.63) is 54.6 Å². The monoisotopic (exact) mass is 346 g/mol. The zero-order valence-corrected chi connectivity index (χ0v) is 14.6. The second kappa shape index (κ2) is 8.64. The van der Waals surface area contributed by atoms with E-state index in [-0.39, 0.29) is 11.1 Å². The Bertz CT molecular complexity index is 658. The summed E-state index contributed by atoms with van der Waals surface area (Å²) in [4.78, 5) is 27.0. The van der Waals surface area contributed by atoms with Crippen molar-refractivity contribution >= 4 is 40.4 Å². The molecule has 0 saturated carbocycles. The van der Waals surface area contributed by atoms with Gasteiger partial charge in [-0.15, -0.1) is 11.8 Å². The topological polar surface area (TPSA) is 49.4 Å². The van der Waals surface area contributed by atoms with Crippen molar-refractivity contribution in [2.45, 2.75) is 9.79 Å². The van der Waals surface area contributed by atoms with Gasteiger partial charge >= 0.3 is 0 Å². The molecule has 0 spiro atoms. The number of carbonyl (C=O) groups is 2. The van der Waals surface area contributed by atoms with E-state index in [0.717, 1.165) is 27.2 Å². The van der Waals surface area contributed by atoms with Crippen LogP contribution < -0.4 is 5.32 Å². The summed E-state index contributed by atoms with van der Waals surface area (Å²) in [5, 5.41) is 2.82. The summed E-state index contributed by atoms with van der Waals surface area (Å²) in [6.45, 7) is 0. The normalized spacial score (nSPS) is 10.2. The Morgan fingerprint density at radius 3 is 2.22 bits per heavy atom. The van der Waals surface area contributed by atoms with Crippen LogP contribution in [0.2, 0.25) is 0 Å². The van der Waals surface area contributed by atoms with Crippen molar-refractivity contribution in [3.63, 3.8) is 0 Å². The lowest BCUT2D eigenvalue weighted by Gasteiger charge is -2.10. The van der Waals surface area contributed by atoms with Crippen molar-refractivity contribution < 1.29 is 9.59 Å². The maximum Gasteiger partial charge on any atom is 0.285 e. The maximum atomic E-state index is 11.9. The minimum absolute atomic E-state index is 0.0268. The number of hydrogen-bond acceptors (Lipinski definition) is 4. The molecule has 0 fully saturated rings. The Morgan fingerprint density at radius 1 is 0.957 bits per heavy atom. The van der Waals surface area contributed by atoms with Crippen LogP contribution in [0.1, 0.15) is 0 Å². The minimum atomic E-state index is -0.0522. The Balaban J connectivity index is 1.83. The van der Waals surface area contributed by atoms with Gasteiger partial charge in [-0.1, -0.05) is 18.2 Å². The first kappa shape index (κ1) is 17.4. The van der Waals surface area contributed by atoms with Gasteiger partial charge in [-0.25, -0.2) is 0 Å². The van der Waals surface area contributed by atoms with Gasteiger partial charge in [0.2, 0.25) is 5.91 Å². The highest BCUT2D eigenvalue weighted by molar-refractivity contribution is 8.13. The number of carbonyl (C=O) groups excluding carboxylic acids is 2.